The molecular formula is C24H29N5O2. The molecule has 2 aromatic carbocycles. The zero-order valence-corrected chi connectivity index (χ0v) is 17.6. The predicted octanol–water partition coefficient (Wildman–Crippen LogP) is 2.54. The predicted molar refractivity (Wildman–Crippen MR) is 123 cm³/mol. The number of hydrogen-bond acceptors (Lipinski definition) is 6. The van der Waals surface area contributed by atoms with Crippen molar-refractivity contribution in [3.05, 3.63) is 83.7 Å². The first kappa shape index (κ1) is 21.0. The summed E-state index contributed by atoms with van der Waals surface area (Å²) in [5.41, 5.74) is 9.94. The monoisotopic (exact) mass is 419 g/mol. The third-order valence-corrected chi connectivity index (χ3v) is 5.28. The smallest absolute Gasteiger partial charge is 0.251 e. The van der Waals surface area contributed by atoms with Gasteiger partial charge in [0.2, 0.25) is 0 Å². The number of benzene rings is 2. The van der Waals surface area contributed by atoms with E-state index in [0.29, 0.717) is 12.1 Å². The molecule has 2 aliphatic heterocycles. The van der Waals surface area contributed by atoms with E-state index in [1.165, 1.54) is 0 Å². The van der Waals surface area contributed by atoms with Crippen molar-refractivity contribution in [2.45, 2.75) is 6.42 Å². The molecule has 162 valence electrons. The first-order valence-corrected chi connectivity index (χ1v) is 10.7. The molecule has 4 N–H and O–H groups in total. The first-order valence-electron chi connectivity index (χ1n) is 10.7. The van der Waals surface area contributed by atoms with Crippen LogP contribution in [0.25, 0.3) is 5.70 Å². The van der Waals surface area contributed by atoms with Gasteiger partial charge in [-0.05, 0) is 48.9 Å². The Hall–Kier alpha value is -3.29. The van der Waals surface area contributed by atoms with Crippen LogP contribution in [0.15, 0.2) is 72.6 Å². The standard InChI is InChI=1S/C24H29N5O2/c30-24(25-12-5-13-29-14-16-31-17-15-29)20-8-4-9-21(18-20)26-23-11-10-22(27-28-23)19-6-2-1-3-7-19/h1-4,6-11,18,26-28H,5,12-17H2,(H,25,30). The molecule has 4 rings (SSSR count). The van der Waals surface area contributed by atoms with Crippen molar-refractivity contribution in [3.63, 3.8) is 0 Å². The number of carbonyl (C=O) groups is 1. The number of rotatable bonds is 8. The summed E-state index contributed by atoms with van der Waals surface area (Å²) in [6.07, 6.45) is 4.92. The summed E-state index contributed by atoms with van der Waals surface area (Å²) in [5.74, 6) is 0.753. The SMILES string of the molecule is O=C(NCCCN1CCOCC1)c1cccc(NC2=CC=C(c3ccccc3)NN2)c1. The topological polar surface area (TPSA) is 77.7 Å². The van der Waals surface area contributed by atoms with E-state index in [0.717, 1.165) is 62.0 Å². The molecule has 1 saturated heterocycles. The summed E-state index contributed by atoms with van der Waals surface area (Å²) in [6.45, 7) is 5.20. The van der Waals surface area contributed by atoms with Gasteiger partial charge in [-0.25, -0.2) is 0 Å². The van der Waals surface area contributed by atoms with E-state index < -0.39 is 0 Å². The number of hydrazine groups is 1. The van der Waals surface area contributed by atoms with Crippen molar-refractivity contribution in [1.82, 2.24) is 21.1 Å². The van der Waals surface area contributed by atoms with Crippen LogP contribution in [0.3, 0.4) is 0 Å². The second kappa shape index (κ2) is 10.7. The molecule has 0 bridgehead atoms. The van der Waals surface area contributed by atoms with Crippen molar-refractivity contribution in [2.75, 3.05) is 44.7 Å². The Morgan fingerprint density at radius 3 is 2.61 bits per heavy atom. The van der Waals surface area contributed by atoms with Crippen LogP contribution in [0.5, 0.6) is 0 Å². The highest BCUT2D eigenvalue weighted by molar-refractivity contribution is 5.95. The Bertz CT molecular complexity index is 936. The van der Waals surface area contributed by atoms with Gasteiger partial charge in [0.05, 0.1) is 18.9 Å². The van der Waals surface area contributed by atoms with E-state index in [1.54, 1.807) is 0 Å². The number of ether oxygens (including phenoxy) is 1. The molecule has 0 spiro atoms. The van der Waals surface area contributed by atoms with Crippen LogP contribution in [0.4, 0.5) is 5.69 Å². The Kier molecular flexibility index (Phi) is 7.20. The maximum Gasteiger partial charge on any atom is 0.251 e. The highest BCUT2D eigenvalue weighted by Gasteiger charge is 2.11. The lowest BCUT2D eigenvalue weighted by Gasteiger charge is -2.26. The van der Waals surface area contributed by atoms with Crippen molar-refractivity contribution < 1.29 is 9.53 Å². The lowest BCUT2D eigenvalue weighted by Crippen LogP contribution is -2.38. The highest BCUT2D eigenvalue weighted by Crippen LogP contribution is 2.16. The second-order valence-corrected chi connectivity index (χ2v) is 7.55. The molecule has 0 unspecified atom stereocenters. The molecule has 0 aliphatic carbocycles. The van der Waals surface area contributed by atoms with E-state index in [1.807, 2.05) is 54.6 Å². The fourth-order valence-electron chi connectivity index (χ4n) is 3.57. The van der Waals surface area contributed by atoms with E-state index in [2.05, 4.69) is 38.5 Å². The molecule has 7 nitrogen and oxygen atoms in total. The van der Waals surface area contributed by atoms with Gasteiger partial charge in [0.15, 0.2) is 0 Å². The maximum atomic E-state index is 12.5. The van der Waals surface area contributed by atoms with E-state index >= 15 is 0 Å². The third kappa shape index (κ3) is 6.10. The molecule has 0 aromatic heterocycles. The van der Waals surface area contributed by atoms with Crippen LogP contribution in [0.2, 0.25) is 0 Å². The molecule has 0 radical (unpaired) electrons. The lowest BCUT2D eigenvalue weighted by molar-refractivity contribution is 0.0374. The van der Waals surface area contributed by atoms with Crippen molar-refractivity contribution in [3.8, 4) is 0 Å². The first-order chi connectivity index (χ1) is 15.3. The molecular weight excluding hydrogens is 390 g/mol. The molecule has 1 fully saturated rings. The third-order valence-electron chi connectivity index (χ3n) is 5.28. The minimum absolute atomic E-state index is 0.0550. The summed E-state index contributed by atoms with van der Waals surface area (Å²) < 4.78 is 5.36. The lowest BCUT2D eigenvalue weighted by atomic mass is 10.1. The molecule has 2 aromatic rings. The Morgan fingerprint density at radius 2 is 1.84 bits per heavy atom. The fourth-order valence-corrected chi connectivity index (χ4v) is 3.57. The number of nitrogens with one attached hydrogen (secondary N) is 4. The van der Waals surface area contributed by atoms with E-state index in [-0.39, 0.29) is 5.91 Å². The quantitative estimate of drug-likeness (QED) is 0.493. The average molecular weight is 420 g/mol. The maximum absolute atomic E-state index is 12.5. The van der Waals surface area contributed by atoms with Crippen molar-refractivity contribution in [2.24, 2.45) is 0 Å². The van der Waals surface area contributed by atoms with Gasteiger partial charge in [-0.1, -0.05) is 36.4 Å². The van der Waals surface area contributed by atoms with Gasteiger partial charge in [-0.15, -0.1) is 0 Å². The van der Waals surface area contributed by atoms with Crippen LogP contribution >= 0.6 is 0 Å². The molecule has 31 heavy (non-hydrogen) atoms. The van der Waals surface area contributed by atoms with Gasteiger partial charge in [0.25, 0.3) is 5.91 Å². The molecule has 0 saturated carbocycles. The fraction of sp³-hybridized carbons (Fsp3) is 0.292. The van der Waals surface area contributed by atoms with Gasteiger partial charge in [0.1, 0.15) is 5.82 Å². The number of hydrogen-bond donors (Lipinski definition) is 4. The number of amides is 1. The summed E-state index contributed by atoms with van der Waals surface area (Å²) in [5, 5.41) is 6.32. The van der Waals surface area contributed by atoms with Crippen molar-refractivity contribution >= 4 is 17.3 Å². The van der Waals surface area contributed by atoms with Crippen LogP contribution in [-0.2, 0) is 4.74 Å². The minimum Gasteiger partial charge on any atom is -0.379 e. The van der Waals surface area contributed by atoms with Gasteiger partial charge in [-0.3, -0.25) is 20.5 Å². The summed E-state index contributed by atoms with van der Waals surface area (Å²) in [4.78, 5) is 14.9. The van der Waals surface area contributed by atoms with E-state index in [4.69, 9.17) is 4.74 Å². The van der Waals surface area contributed by atoms with Gasteiger partial charge in [0, 0.05) is 30.9 Å². The summed E-state index contributed by atoms with van der Waals surface area (Å²) in [6, 6.07) is 17.6. The minimum atomic E-state index is -0.0550. The Labute approximate surface area is 183 Å². The van der Waals surface area contributed by atoms with Crippen LogP contribution in [-0.4, -0.2) is 50.2 Å². The Morgan fingerprint density at radius 1 is 1.00 bits per heavy atom. The van der Waals surface area contributed by atoms with E-state index in [9.17, 15) is 4.79 Å². The van der Waals surface area contributed by atoms with Crippen LogP contribution < -0.4 is 21.5 Å². The summed E-state index contributed by atoms with van der Waals surface area (Å²) in [7, 11) is 0. The largest absolute Gasteiger partial charge is 0.379 e. The highest BCUT2D eigenvalue weighted by atomic mass is 16.5. The van der Waals surface area contributed by atoms with Gasteiger partial charge >= 0.3 is 0 Å². The molecule has 7 heteroatoms. The summed E-state index contributed by atoms with van der Waals surface area (Å²) >= 11 is 0. The van der Waals surface area contributed by atoms with Crippen molar-refractivity contribution in [1.29, 1.82) is 0 Å². The second-order valence-electron chi connectivity index (χ2n) is 7.55. The number of nitrogens with zero attached hydrogens (tertiary/aromatic N) is 1. The Balaban J connectivity index is 1.27. The zero-order chi connectivity index (χ0) is 21.3. The number of anilines is 1. The molecule has 2 heterocycles. The molecule has 0 atom stereocenters. The van der Waals surface area contributed by atoms with Gasteiger partial charge in [-0.2, -0.15) is 0 Å². The molecule has 1 amide bonds. The number of allylic oxidation sites excluding steroid dienone is 2. The van der Waals surface area contributed by atoms with Crippen LogP contribution in [0.1, 0.15) is 22.3 Å². The van der Waals surface area contributed by atoms with Gasteiger partial charge < -0.3 is 15.4 Å². The number of carbonyl (C=O) groups excluding carboxylic acids is 1. The number of morpholine rings is 1. The normalized spacial score (nSPS) is 16.4. The average Bonchev–Trinajstić information content (AvgIpc) is 2.83. The molecule has 2 aliphatic rings. The van der Waals surface area contributed by atoms with Crippen LogP contribution in [0, 0.1) is 0 Å². The zero-order valence-electron chi connectivity index (χ0n) is 17.6.